The van der Waals surface area contributed by atoms with Crippen LogP contribution < -0.4 is 4.74 Å². The van der Waals surface area contributed by atoms with Gasteiger partial charge in [0.05, 0.1) is 9.40 Å². The van der Waals surface area contributed by atoms with Gasteiger partial charge in [-0.1, -0.05) is 6.07 Å². The Morgan fingerprint density at radius 3 is 2.58 bits per heavy atom. The molecule has 0 bridgehead atoms. The molecule has 0 fully saturated rings. The van der Waals surface area contributed by atoms with Gasteiger partial charge in [0.25, 0.3) is 0 Å². The molecule has 0 radical (unpaired) electrons. The molecule has 0 aromatic heterocycles. The van der Waals surface area contributed by atoms with Crippen LogP contribution in [0.15, 0.2) is 40.9 Å². The summed E-state index contributed by atoms with van der Waals surface area (Å²) in [5.41, 5.74) is 0.724. The van der Waals surface area contributed by atoms with E-state index >= 15 is 0 Å². The average molecular weight is 326 g/mol. The zero-order valence-corrected chi connectivity index (χ0v) is 11.5. The fourth-order valence-corrected chi connectivity index (χ4v) is 2.10. The Bertz CT molecular complexity index is 646. The van der Waals surface area contributed by atoms with Crippen LogP contribution in [0.3, 0.4) is 0 Å². The molecule has 0 aliphatic rings. The second kappa shape index (κ2) is 5.36. The summed E-state index contributed by atoms with van der Waals surface area (Å²) >= 11 is 3.30. The minimum Gasteiger partial charge on any atom is -0.449 e. The first kappa shape index (κ1) is 13.5. The van der Waals surface area contributed by atoms with E-state index in [2.05, 4.69) is 15.9 Å². The topological polar surface area (TPSA) is 52.4 Å². The van der Waals surface area contributed by atoms with Gasteiger partial charge < -0.3 is 4.74 Å². The van der Waals surface area contributed by atoms with Crippen molar-refractivity contribution in [3.05, 3.63) is 62.4 Å². The lowest BCUT2D eigenvalue weighted by molar-refractivity contribution is -0.385. The molecular weight excluding hydrogens is 317 g/mol. The normalized spacial score (nSPS) is 10.3. The minimum absolute atomic E-state index is 0.130. The first-order chi connectivity index (χ1) is 8.97. The number of nitro benzene ring substituents is 1. The Hall–Kier alpha value is -1.95. The van der Waals surface area contributed by atoms with E-state index in [-0.39, 0.29) is 11.4 Å². The number of aryl methyl sites for hydroxylation is 1. The summed E-state index contributed by atoms with van der Waals surface area (Å²) in [6, 6.07) is 8.35. The molecule has 0 unspecified atom stereocenters. The third-order valence-electron chi connectivity index (χ3n) is 2.43. The molecule has 0 aliphatic heterocycles. The molecule has 2 aromatic rings. The molecule has 6 heteroatoms. The number of ether oxygens (including phenoxy) is 1. The number of nitrogens with zero attached hydrogens (tertiary/aromatic N) is 1. The lowest BCUT2D eigenvalue weighted by atomic mass is 10.2. The smallest absolute Gasteiger partial charge is 0.311 e. The van der Waals surface area contributed by atoms with Crippen molar-refractivity contribution in [1.29, 1.82) is 0 Å². The van der Waals surface area contributed by atoms with Crippen LogP contribution in [-0.2, 0) is 0 Å². The third kappa shape index (κ3) is 3.08. The van der Waals surface area contributed by atoms with Crippen LogP contribution in [-0.4, -0.2) is 4.92 Å². The van der Waals surface area contributed by atoms with Crippen molar-refractivity contribution in [2.45, 2.75) is 6.92 Å². The molecule has 2 rings (SSSR count). The van der Waals surface area contributed by atoms with E-state index in [1.54, 1.807) is 18.2 Å². The summed E-state index contributed by atoms with van der Waals surface area (Å²) in [7, 11) is 0. The van der Waals surface area contributed by atoms with E-state index in [9.17, 15) is 14.5 Å². The third-order valence-corrected chi connectivity index (χ3v) is 3.05. The maximum atomic E-state index is 13.2. The van der Waals surface area contributed by atoms with Crippen molar-refractivity contribution in [2.75, 3.05) is 0 Å². The van der Waals surface area contributed by atoms with E-state index < -0.39 is 10.7 Å². The number of hydrogen-bond acceptors (Lipinski definition) is 3. The quantitative estimate of drug-likeness (QED) is 0.612. The molecule has 4 nitrogen and oxygen atoms in total. The SMILES string of the molecule is Cc1ccc(Oc2cc(F)ccc2[N+](=O)[O-])c(Br)c1. The Labute approximate surface area is 117 Å². The zero-order valence-electron chi connectivity index (χ0n) is 9.89. The van der Waals surface area contributed by atoms with E-state index in [1.165, 1.54) is 0 Å². The summed E-state index contributed by atoms with van der Waals surface area (Å²) in [6.45, 7) is 1.90. The van der Waals surface area contributed by atoms with Crippen molar-refractivity contribution in [2.24, 2.45) is 0 Å². The molecule has 0 aliphatic carbocycles. The maximum Gasteiger partial charge on any atom is 0.311 e. The van der Waals surface area contributed by atoms with Crippen molar-refractivity contribution in [1.82, 2.24) is 0 Å². The number of hydrogen-bond donors (Lipinski definition) is 0. The van der Waals surface area contributed by atoms with Gasteiger partial charge in [-0.3, -0.25) is 10.1 Å². The summed E-state index contributed by atoms with van der Waals surface area (Å²) in [4.78, 5) is 10.2. The molecule has 98 valence electrons. The van der Waals surface area contributed by atoms with Crippen LogP contribution in [0.1, 0.15) is 5.56 Å². The fourth-order valence-electron chi connectivity index (χ4n) is 1.53. The second-order valence-corrected chi connectivity index (χ2v) is 4.76. The lowest BCUT2D eigenvalue weighted by Crippen LogP contribution is -1.94. The standard InChI is InChI=1S/C13H9BrFNO3/c1-8-2-5-12(10(14)6-8)19-13-7-9(15)3-4-11(13)16(17)18/h2-7H,1H3. The Kier molecular flexibility index (Phi) is 3.80. The molecule has 19 heavy (non-hydrogen) atoms. The van der Waals surface area contributed by atoms with Gasteiger partial charge in [0.2, 0.25) is 5.75 Å². The maximum absolute atomic E-state index is 13.2. The zero-order chi connectivity index (χ0) is 14.0. The van der Waals surface area contributed by atoms with Gasteiger partial charge in [-0.15, -0.1) is 0 Å². The predicted molar refractivity (Wildman–Crippen MR) is 72.0 cm³/mol. The largest absolute Gasteiger partial charge is 0.449 e. The van der Waals surface area contributed by atoms with Gasteiger partial charge in [0, 0.05) is 12.1 Å². The molecule has 0 N–H and O–H groups in total. The first-order valence-electron chi connectivity index (χ1n) is 5.35. The molecule has 0 amide bonds. The molecule has 0 saturated carbocycles. The van der Waals surface area contributed by atoms with Gasteiger partial charge >= 0.3 is 5.69 Å². The van der Waals surface area contributed by atoms with Crippen LogP contribution >= 0.6 is 15.9 Å². The molecule has 2 aromatic carbocycles. The number of benzene rings is 2. The van der Waals surface area contributed by atoms with Crippen LogP contribution in [0.5, 0.6) is 11.5 Å². The van der Waals surface area contributed by atoms with Crippen molar-refractivity contribution in [3.8, 4) is 11.5 Å². The number of rotatable bonds is 3. The van der Waals surface area contributed by atoms with E-state index in [1.807, 2.05) is 6.92 Å². The second-order valence-electron chi connectivity index (χ2n) is 3.91. The highest BCUT2D eigenvalue weighted by molar-refractivity contribution is 9.10. The van der Waals surface area contributed by atoms with Crippen molar-refractivity contribution in [3.63, 3.8) is 0 Å². The summed E-state index contributed by atoms with van der Waals surface area (Å²) in [5, 5.41) is 10.9. The van der Waals surface area contributed by atoms with Crippen LogP contribution in [0.2, 0.25) is 0 Å². The fraction of sp³-hybridized carbons (Fsp3) is 0.0769. The van der Waals surface area contributed by atoms with Crippen LogP contribution in [0, 0.1) is 22.9 Å². The average Bonchev–Trinajstić information content (AvgIpc) is 2.32. The molecule has 0 atom stereocenters. The Morgan fingerprint density at radius 2 is 1.95 bits per heavy atom. The van der Waals surface area contributed by atoms with Gasteiger partial charge in [-0.25, -0.2) is 4.39 Å². The highest BCUT2D eigenvalue weighted by Crippen LogP contribution is 2.35. The number of nitro groups is 1. The Balaban J connectivity index is 2.42. The van der Waals surface area contributed by atoms with E-state index in [0.717, 1.165) is 23.8 Å². The lowest BCUT2D eigenvalue weighted by Gasteiger charge is -2.08. The minimum atomic E-state index is -0.614. The van der Waals surface area contributed by atoms with Gasteiger partial charge in [0.1, 0.15) is 11.6 Å². The predicted octanol–water partition coefficient (Wildman–Crippen LogP) is 4.60. The van der Waals surface area contributed by atoms with E-state index in [0.29, 0.717) is 10.2 Å². The first-order valence-corrected chi connectivity index (χ1v) is 6.14. The highest BCUT2D eigenvalue weighted by Gasteiger charge is 2.17. The summed E-state index contributed by atoms with van der Waals surface area (Å²) in [5.74, 6) is -0.335. The summed E-state index contributed by atoms with van der Waals surface area (Å²) in [6.07, 6.45) is 0. The summed E-state index contributed by atoms with van der Waals surface area (Å²) < 4.78 is 19.2. The van der Waals surface area contributed by atoms with E-state index in [4.69, 9.17) is 4.74 Å². The molecule has 0 saturated heterocycles. The molecule has 0 heterocycles. The van der Waals surface area contributed by atoms with Gasteiger partial charge in [-0.2, -0.15) is 0 Å². The van der Waals surface area contributed by atoms with Crippen molar-refractivity contribution < 1.29 is 14.1 Å². The molecular formula is C13H9BrFNO3. The Morgan fingerprint density at radius 1 is 1.21 bits per heavy atom. The monoisotopic (exact) mass is 325 g/mol. The molecule has 0 spiro atoms. The van der Waals surface area contributed by atoms with Gasteiger partial charge in [0.15, 0.2) is 0 Å². The van der Waals surface area contributed by atoms with Crippen LogP contribution in [0.4, 0.5) is 10.1 Å². The van der Waals surface area contributed by atoms with Gasteiger partial charge in [-0.05, 0) is 46.6 Å². The highest BCUT2D eigenvalue weighted by atomic mass is 79.9. The number of halogens is 2. The van der Waals surface area contributed by atoms with Crippen molar-refractivity contribution >= 4 is 21.6 Å². The van der Waals surface area contributed by atoms with Crippen LogP contribution in [0.25, 0.3) is 0 Å².